The molecule has 3 nitrogen and oxygen atoms in total. The van der Waals surface area contributed by atoms with Gasteiger partial charge in [-0.05, 0) is 29.6 Å². The summed E-state index contributed by atoms with van der Waals surface area (Å²) in [5, 5.41) is 11.3. The van der Waals surface area contributed by atoms with E-state index >= 15 is 0 Å². The number of thiophene rings is 1. The van der Waals surface area contributed by atoms with Crippen molar-refractivity contribution in [3.05, 3.63) is 51.2 Å². The Labute approximate surface area is 107 Å². The number of aromatic carboxylic acids is 1. The molecule has 1 aromatic carbocycles. The first-order valence-corrected chi connectivity index (χ1v) is 6.10. The first-order valence-electron chi connectivity index (χ1n) is 4.85. The van der Waals surface area contributed by atoms with E-state index in [1.807, 2.05) is 0 Å². The van der Waals surface area contributed by atoms with Gasteiger partial charge < -0.3 is 9.84 Å². The number of benzene rings is 1. The van der Waals surface area contributed by atoms with Gasteiger partial charge in [0.05, 0.1) is 0 Å². The number of hydrogen-bond acceptors (Lipinski definition) is 3. The molecule has 0 saturated carbocycles. The highest BCUT2D eigenvalue weighted by Crippen LogP contribution is 2.21. The van der Waals surface area contributed by atoms with E-state index in [1.165, 1.54) is 11.3 Å². The van der Waals surface area contributed by atoms with E-state index in [0.29, 0.717) is 21.2 Å². The summed E-state index contributed by atoms with van der Waals surface area (Å²) in [6, 6.07) is 8.75. The number of carboxylic acids is 1. The second kappa shape index (κ2) is 5.21. The van der Waals surface area contributed by atoms with Crippen molar-refractivity contribution in [2.24, 2.45) is 0 Å². The zero-order valence-electron chi connectivity index (χ0n) is 8.72. The molecule has 88 valence electrons. The van der Waals surface area contributed by atoms with Gasteiger partial charge in [-0.25, -0.2) is 4.79 Å². The van der Waals surface area contributed by atoms with Crippen LogP contribution in [0.4, 0.5) is 0 Å². The van der Waals surface area contributed by atoms with E-state index in [-0.39, 0.29) is 6.61 Å². The zero-order valence-corrected chi connectivity index (χ0v) is 10.3. The van der Waals surface area contributed by atoms with Crippen molar-refractivity contribution in [2.45, 2.75) is 6.61 Å². The van der Waals surface area contributed by atoms with Gasteiger partial charge in [0.15, 0.2) is 0 Å². The first-order chi connectivity index (χ1) is 8.16. The van der Waals surface area contributed by atoms with Gasteiger partial charge in [-0.1, -0.05) is 17.7 Å². The quantitative estimate of drug-likeness (QED) is 0.920. The molecule has 2 aromatic rings. The third-order valence-corrected chi connectivity index (χ3v) is 3.31. The summed E-state index contributed by atoms with van der Waals surface area (Å²) >= 11 is 7.01. The maximum atomic E-state index is 10.9. The molecule has 17 heavy (non-hydrogen) atoms. The van der Waals surface area contributed by atoms with Crippen LogP contribution >= 0.6 is 22.9 Å². The third-order valence-electron chi connectivity index (χ3n) is 2.13. The molecule has 0 aliphatic heterocycles. The lowest BCUT2D eigenvalue weighted by atomic mass is 10.2. The number of rotatable bonds is 4. The predicted molar refractivity (Wildman–Crippen MR) is 67.1 cm³/mol. The normalized spacial score (nSPS) is 10.2. The topological polar surface area (TPSA) is 46.5 Å². The van der Waals surface area contributed by atoms with Crippen molar-refractivity contribution < 1.29 is 14.6 Å². The van der Waals surface area contributed by atoms with Gasteiger partial charge in [0.25, 0.3) is 0 Å². The highest BCUT2D eigenvalue weighted by Gasteiger charge is 2.11. The molecule has 0 aliphatic carbocycles. The standard InChI is InChI=1S/C12H9ClO3S/c13-9-2-1-3-10(6-9)16-7-8-4-5-17-11(8)12(14)15/h1-6H,7H2,(H,14,15). The molecule has 0 atom stereocenters. The number of halogens is 1. The summed E-state index contributed by atoms with van der Waals surface area (Å²) in [7, 11) is 0. The van der Waals surface area contributed by atoms with Crippen LogP contribution in [0.3, 0.4) is 0 Å². The third kappa shape index (κ3) is 2.99. The van der Waals surface area contributed by atoms with E-state index in [2.05, 4.69) is 0 Å². The molecule has 0 bridgehead atoms. The van der Waals surface area contributed by atoms with E-state index in [4.69, 9.17) is 21.4 Å². The Hall–Kier alpha value is -1.52. The summed E-state index contributed by atoms with van der Waals surface area (Å²) in [5.41, 5.74) is 0.669. The Morgan fingerprint density at radius 3 is 2.94 bits per heavy atom. The molecule has 0 radical (unpaired) electrons. The molecule has 0 fully saturated rings. The average Bonchev–Trinajstić information content (AvgIpc) is 2.74. The van der Waals surface area contributed by atoms with Gasteiger partial charge in [0.2, 0.25) is 0 Å². The summed E-state index contributed by atoms with van der Waals surface area (Å²) in [5.74, 6) is -0.301. The van der Waals surface area contributed by atoms with Gasteiger partial charge in [0.1, 0.15) is 17.2 Å². The van der Waals surface area contributed by atoms with E-state index < -0.39 is 5.97 Å². The molecule has 0 unspecified atom stereocenters. The molecule has 0 saturated heterocycles. The largest absolute Gasteiger partial charge is 0.489 e. The van der Waals surface area contributed by atoms with Crippen LogP contribution in [0, 0.1) is 0 Å². The average molecular weight is 269 g/mol. The van der Waals surface area contributed by atoms with Crippen molar-refractivity contribution in [3.8, 4) is 5.75 Å². The predicted octanol–water partition coefficient (Wildman–Crippen LogP) is 3.68. The summed E-state index contributed by atoms with van der Waals surface area (Å²) < 4.78 is 5.48. The maximum Gasteiger partial charge on any atom is 0.346 e. The van der Waals surface area contributed by atoms with Crippen molar-refractivity contribution >= 4 is 28.9 Å². The minimum atomic E-state index is -0.926. The van der Waals surface area contributed by atoms with Crippen LogP contribution in [-0.2, 0) is 6.61 Å². The fourth-order valence-corrected chi connectivity index (χ4v) is 2.28. The fraction of sp³-hybridized carbons (Fsp3) is 0.0833. The van der Waals surface area contributed by atoms with E-state index in [0.717, 1.165) is 0 Å². The minimum absolute atomic E-state index is 0.228. The molecule has 0 amide bonds. The first kappa shape index (κ1) is 12.0. The lowest BCUT2D eigenvalue weighted by molar-refractivity contribution is 0.0699. The van der Waals surface area contributed by atoms with Gasteiger partial charge in [-0.2, -0.15) is 0 Å². The Morgan fingerprint density at radius 2 is 2.24 bits per heavy atom. The second-order valence-corrected chi connectivity index (χ2v) is 4.68. The Morgan fingerprint density at radius 1 is 1.41 bits per heavy atom. The Kier molecular flexibility index (Phi) is 3.66. The zero-order chi connectivity index (χ0) is 12.3. The number of hydrogen-bond donors (Lipinski definition) is 1. The fourth-order valence-electron chi connectivity index (χ4n) is 1.35. The molecular weight excluding hydrogens is 260 g/mol. The summed E-state index contributed by atoms with van der Waals surface area (Å²) in [6.45, 7) is 0.228. The van der Waals surface area contributed by atoms with Crippen molar-refractivity contribution in [1.29, 1.82) is 0 Å². The van der Waals surface area contributed by atoms with Gasteiger partial charge in [-0.3, -0.25) is 0 Å². The molecule has 2 rings (SSSR count). The van der Waals surface area contributed by atoms with E-state index in [1.54, 1.807) is 35.7 Å². The van der Waals surface area contributed by atoms with Gasteiger partial charge in [0, 0.05) is 10.6 Å². The van der Waals surface area contributed by atoms with Crippen molar-refractivity contribution in [3.63, 3.8) is 0 Å². The Balaban J connectivity index is 2.07. The van der Waals surface area contributed by atoms with Crippen LogP contribution in [0.2, 0.25) is 5.02 Å². The minimum Gasteiger partial charge on any atom is -0.489 e. The lowest BCUT2D eigenvalue weighted by Gasteiger charge is -2.05. The van der Waals surface area contributed by atoms with Crippen molar-refractivity contribution in [1.82, 2.24) is 0 Å². The van der Waals surface area contributed by atoms with Crippen LogP contribution < -0.4 is 4.74 Å². The van der Waals surface area contributed by atoms with Gasteiger partial charge in [-0.15, -0.1) is 11.3 Å². The van der Waals surface area contributed by atoms with E-state index in [9.17, 15) is 4.79 Å². The van der Waals surface area contributed by atoms with Crippen LogP contribution in [-0.4, -0.2) is 11.1 Å². The molecular formula is C12H9ClO3S. The Bertz CT molecular complexity index is 536. The second-order valence-electron chi connectivity index (χ2n) is 3.33. The molecule has 0 aliphatic rings. The number of carbonyl (C=O) groups is 1. The van der Waals surface area contributed by atoms with Crippen molar-refractivity contribution in [2.75, 3.05) is 0 Å². The maximum absolute atomic E-state index is 10.9. The summed E-state index contributed by atoms with van der Waals surface area (Å²) in [6.07, 6.45) is 0. The highest BCUT2D eigenvalue weighted by molar-refractivity contribution is 7.12. The van der Waals surface area contributed by atoms with Crippen LogP contribution in [0.25, 0.3) is 0 Å². The molecule has 1 aromatic heterocycles. The monoisotopic (exact) mass is 268 g/mol. The lowest BCUT2D eigenvalue weighted by Crippen LogP contribution is -2.01. The summed E-state index contributed by atoms with van der Waals surface area (Å²) in [4.78, 5) is 11.2. The molecule has 1 N–H and O–H groups in total. The molecule has 1 heterocycles. The van der Waals surface area contributed by atoms with Gasteiger partial charge >= 0.3 is 5.97 Å². The highest BCUT2D eigenvalue weighted by atomic mass is 35.5. The smallest absolute Gasteiger partial charge is 0.346 e. The molecule has 5 heteroatoms. The SMILES string of the molecule is O=C(O)c1sccc1COc1cccc(Cl)c1. The van der Waals surface area contributed by atoms with Crippen LogP contribution in [0.1, 0.15) is 15.2 Å². The number of carboxylic acid groups (broad SMARTS) is 1. The van der Waals surface area contributed by atoms with Crippen LogP contribution in [0.5, 0.6) is 5.75 Å². The number of ether oxygens (including phenoxy) is 1. The molecule has 0 spiro atoms. The van der Waals surface area contributed by atoms with Crippen LogP contribution in [0.15, 0.2) is 35.7 Å².